The first kappa shape index (κ1) is 10.0. The first-order valence-electron chi connectivity index (χ1n) is 6.15. The standard InChI is InChI=1S/C14H17NO/c16-13-5-3-7-15(10-13)9-12-8-11-4-1-2-6-14(11)12/h1-2,4,6,12H,3,5,7-10H2. The maximum Gasteiger partial charge on any atom is 0.146 e. The quantitative estimate of drug-likeness (QED) is 0.752. The van der Waals surface area contributed by atoms with E-state index < -0.39 is 0 Å². The van der Waals surface area contributed by atoms with Crippen molar-refractivity contribution < 1.29 is 4.79 Å². The summed E-state index contributed by atoms with van der Waals surface area (Å²) in [6.45, 7) is 2.85. The van der Waals surface area contributed by atoms with Crippen molar-refractivity contribution in [3.63, 3.8) is 0 Å². The molecule has 1 saturated heterocycles. The third kappa shape index (κ3) is 1.78. The molecule has 0 spiro atoms. The van der Waals surface area contributed by atoms with Crippen LogP contribution in [0.4, 0.5) is 0 Å². The molecule has 2 aliphatic rings. The van der Waals surface area contributed by atoms with Gasteiger partial charge in [0.15, 0.2) is 0 Å². The Bertz CT molecular complexity index is 413. The van der Waals surface area contributed by atoms with Crippen LogP contribution in [0.1, 0.15) is 29.9 Å². The molecule has 2 heteroatoms. The summed E-state index contributed by atoms with van der Waals surface area (Å²) in [5.41, 5.74) is 3.00. The highest BCUT2D eigenvalue weighted by atomic mass is 16.1. The number of hydrogen-bond acceptors (Lipinski definition) is 2. The van der Waals surface area contributed by atoms with Crippen LogP contribution in [0.3, 0.4) is 0 Å². The molecule has 0 bridgehead atoms. The van der Waals surface area contributed by atoms with Gasteiger partial charge in [-0.3, -0.25) is 9.69 Å². The Balaban J connectivity index is 1.63. The van der Waals surface area contributed by atoms with Gasteiger partial charge in [0.1, 0.15) is 5.78 Å². The third-order valence-corrected chi connectivity index (χ3v) is 3.77. The van der Waals surface area contributed by atoms with E-state index in [1.54, 1.807) is 0 Å². The SMILES string of the molecule is O=C1CCCN(CC2Cc3ccccc32)C1. The normalized spacial score (nSPS) is 25.0. The Hall–Kier alpha value is -1.15. The third-order valence-electron chi connectivity index (χ3n) is 3.77. The van der Waals surface area contributed by atoms with Crippen molar-refractivity contribution in [2.24, 2.45) is 0 Å². The number of Topliss-reactive ketones (excluding diaryl/α,β-unsaturated/α-hetero) is 1. The van der Waals surface area contributed by atoms with Crippen molar-refractivity contribution in [2.75, 3.05) is 19.6 Å². The summed E-state index contributed by atoms with van der Waals surface area (Å²) in [6, 6.07) is 8.67. The zero-order valence-corrected chi connectivity index (χ0v) is 9.48. The lowest BCUT2D eigenvalue weighted by Crippen LogP contribution is -2.40. The summed E-state index contributed by atoms with van der Waals surface area (Å²) >= 11 is 0. The number of benzene rings is 1. The van der Waals surface area contributed by atoms with Crippen LogP contribution < -0.4 is 0 Å². The van der Waals surface area contributed by atoms with Gasteiger partial charge in [-0.2, -0.15) is 0 Å². The van der Waals surface area contributed by atoms with Crippen molar-refractivity contribution in [1.82, 2.24) is 4.90 Å². The van der Waals surface area contributed by atoms with E-state index >= 15 is 0 Å². The number of rotatable bonds is 2. The molecule has 0 radical (unpaired) electrons. The smallest absolute Gasteiger partial charge is 0.146 e. The van der Waals surface area contributed by atoms with Crippen LogP contribution in [-0.2, 0) is 11.2 Å². The van der Waals surface area contributed by atoms with E-state index in [-0.39, 0.29) is 0 Å². The highest BCUT2D eigenvalue weighted by Gasteiger charge is 2.28. The topological polar surface area (TPSA) is 20.3 Å². The molecule has 0 amide bonds. The highest BCUT2D eigenvalue weighted by molar-refractivity contribution is 5.81. The van der Waals surface area contributed by atoms with Crippen LogP contribution in [-0.4, -0.2) is 30.3 Å². The van der Waals surface area contributed by atoms with Gasteiger partial charge in [-0.25, -0.2) is 0 Å². The van der Waals surface area contributed by atoms with E-state index in [0.29, 0.717) is 18.2 Å². The number of likely N-dealkylation sites (tertiary alicyclic amines) is 1. The molecule has 0 saturated carbocycles. The molecular weight excluding hydrogens is 198 g/mol. The van der Waals surface area contributed by atoms with Gasteiger partial charge in [0.05, 0.1) is 6.54 Å². The second kappa shape index (κ2) is 4.02. The largest absolute Gasteiger partial charge is 0.298 e. The Kier molecular flexibility index (Phi) is 2.52. The molecule has 0 N–H and O–H groups in total. The van der Waals surface area contributed by atoms with E-state index in [1.807, 2.05) is 0 Å². The molecule has 1 aliphatic heterocycles. The summed E-state index contributed by atoms with van der Waals surface area (Å²) in [5, 5.41) is 0. The maximum atomic E-state index is 11.4. The van der Waals surface area contributed by atoms with Gasteiger partial charge in [-0.05, 0) is 30.5 Å². The van der Waals surface area contributed by atoms with E-state index in [0.717, 1.165) is 25.9 Å². The molecule has 2 nitrogen and oxygen atoms in total. The predicted molar refractivity (Wildman–Crippen MR) is 63.6 cm³/mol. The van der Waals surface area contributed by atoms with Gasteiger partial charge in [0.2, 0.25) is 0 Å². The molecule has 1 heterocycles. The molecule has 1 atom stereocenters. The molecule has 16 heavy (non-hydrogen) atoms. The summed E-state index contributed by atoms with van der Waals surface area (Å²) in [4.78, 5) is 13.7. The summed E-state index contributed by atoms with van der Waals surface area (Å²) in [5.74, 6) is 1.08. The molecular formula is C14H17NO. The lowest BCUT2D eigenvalue weighted by molar-refractivity contribution is -0.122. The van der Waals surface area contributed by atoms with Gasteiger partial charge in [0.25, 0.3) is 0 Å². The van der Waals surface area contributed by atoms with Crippen LogP contribution in [0.5, 0.6) is 0 Å². The van der Waals surface area contributed by atoms with Crippen LogP contribution in [0.25, 0.3) is 0 Å². The lowest BCUT2D eigenvalue weighted by atomic mass is 9.77. The van der Waals surface area contributed by atoms with Crippen LogP contribution in [0.2, 0.25) is 0 Å². The van der Waals surface area contributed by atoms with Gasteiger partial charge in [-0.15, -0.1) is 0 Å². The zero-order chi connectivity index (χ0) is 11.0. The second-order valence-corrected chi connectivity index (χ2v) is 4.98. The molecule has 3 rings (SSSR count). The van der Waals surface area contributed by atoms with Gasteiger partial charge < -0.3 is 0 Å². The fourth-order valence-corrected chi connectivity index (χ4v) is 2.90. The van der Waals surface area contributed by atoms with E-state index in [9.17, 15) is 4.79 Å². The van der Waals surface area contributed by atoms with Gasteiger partial charge in [-0.1, -0.05) is 24.3 Å². The molecule has 1 unspecified atom stereocenters. The molecule has 1 aromatic carbocycles. The van der Waals surface area contributed by atoms with Crippen molar-refractivity contribution in [1.29, 1.82) is 0 Å². The zero-order valence-electron chi connectivity index (χ0n) is 9.48. The second-order valence-electron chi connectivity index (χ2n) is 4.98. The summed E-state index contributed by atoms with van der Waals surface area (Å²) < 4.78 is 0. The molecule has 0 aromatic heterocycles. The first-order valence-corrected chi connectivity index (χ1v) is 6.15. The van der Waals surface area contributed by atoms with E-state index in [4.69, 9.17) is 0 Å². The minimum atomic E-state index is 0.416. The van der Waals surface area contributed by atoms with E-state index in [1.165, 1.54) is 17.5 Å². The van der Waals surface area contributed by atoms with Crippen LogP contribution >= 0.6 is 0 Å². The van der Waals surface area contributed by atoms with E-state index in [2.05, 4.69) is 29.2 Å². The molecule has 1 fully saturated rings. The van der Waals surface area contributed by atoms with Crippen molar-refractivity contribution >= 4 is 5.78 Å². The molecule has 84 valence electrons. The Morgan fingerprint density at radius 3 is 3.00 bits per heavy atom. The molecule has 1 aliphatic carbocycles. The average Bonchev–Trinajstić information content (AvgIpc) is 2.26. The Labute approximate surface area is 96.3 Å². The molecule has 1 aromatic rings. The minimum Gasteiger partial charge on any atom is -0.298 e. The minimum absolute atomic E-state index is 0.416. The average molecular weight is 215 g/mol. The number of ketones is 1. The first-order chi connectivity index (χ1) is 7.83. The predicted octanol–water partition coefficient (Wildman–Crippen LogP) is 1.99. The number of carbonyl (C=O) groups is 1. The fraction of sp³-hybridized carbons (Fsp3) is 0.500. The lowest BCUT2D eigenvalue weighted by Gasteiger charge is -2.36. The Morgan fingerprint density at radius 1 is 1.31 bits per heavy atom. The highest BCUT2D eigenvalue weighted by Crippen LogP contribution is 2.35. The monoisotopic (exact) mass is 215 g/mol. The van der Waals surface area contributed by atoms with Crippen LogP contribution in [0, 0.1) is 0 Å². The number of piperidine rings is 1. The Morgan fingerprint density at radius 2 is 2.19 bits per heavy atom. The van der Waals surface area contributed by atoms with Gasteiger partial charge in [0, 0.05) is 18.9 Å². The van der Waals surface area contributed by atoms with Crippen LogP contribution in [0.15, 0.2) is 24.3 Å². The number of hydrogen-bond donors (Lipinski definition) is 0. The van der Waals surface area contributed by atoms with Crippen molar-refractivity contribution in [2.45, 2.75) is 25.2 Å². The number of fused-ring (bicyclic) bond motifs is 1. The number of nitrogens with zero attached hydrogens (tertiary/aromatic N) is 1. The maximum absolute atomic E-state index is 11.4. The van der Waals surface area contributed by atoms with Gasteiger partial charge >= 0.3 is 0 Å². The number of carbonyl (C=O) groups excluding carboxylic acids is 1. The van der Waals surface area contributed by atoms with Crippen molar-refractivity contribution in [3.8, 4) is 0 Å². The summed E-state index contributed by atoms with van der Waals surface area (Å²) in [6.07, 6.45) is 3.03. The fourth-order valence-electron chi connectivity index (χ4n) is 2.90. The summed E-state index contributed by atoms with van der Waals surface area (Å²) in [7, 11) is 0. The van der Waals surface area contributed by atoms with Crippen molar-refractivity contribution in [3.05, 3.63) is 35.4 Å².